The molecule has 8 heteroatoms. The molecule has 4 aromatic rings. The molecule has 2 unspecified atom stereocenters. The van der Waals surface area contributed by atoms with E-state index in [0.717, 1.165) is 27.9 Å². The summed E-state index contributed by atoms with van der Waals surface area (Å²) >= 11 is 0. The molecule has 8 nitrogen and oxygen atoms in total. The molecule has 2 heterocycles. The number of carbonyl (C=O) groups excluding carboxylic acids is 1. The van der Waals surface area contributed by atoms with Crippen molar-refractivity contribution >= 4 is 18.0 Å². The van der Waals surface area contributed by atoms with Crippen LogP contribution in [0.5, 0.6) is 5.75 Å². The zero-order chi connectivity index (χ0) is 29.4. The van der Waals surface area contributed by atoms with Crippen LogP contribution in [0.3, 0.4) is 0 Å². The highest BCUT2D eigenvalue weighted by molar-refractivity contribution is 5.93. The Hall–Kier alpha value is -4.69. The van der Waals surface area contributed by atoms with E-state index in [1.54, 1.807) is 13.3 Å². The van der Waals surface area contributed by atoms with E-state index >= 15 is 0 Å². The maximum Gasteiger partial charge on any atom is 0.313 e. The Kier molecular flexibility index (Phi) is 7.16. The lowest BCUT2D eigenvalue weighted by molar-refractivity contribution is -0.142. The van der Waals surface area contributed by atoms with Crippen molar-refractivity contribution in [1.82, 2.24) is 19.4 Å². The molecular weight excluding hydrogens is 528 g/mol. The predicted molar refractivity (Wildman–Crippen MR) is 162 cm³/mol. The molecule has 2 atom stereocenters. The normalized spacial score (nSPS) is 20.3. The van der Waals surface area contributed by atoms with E-state index in [9.17, 15) is 14.7 Å². The van der Waals surface area contributed by atoms with Crippen LogP contribution in [0.15, 0.2) is 85.1 Å². The van der Waals surface area contributed by atoms with E-state index in [1.165, 1.54) is 0 Å². The number of aromatic nitrogens is 2. The Morgan fingerprint density at radius 3 is 2.43 bits per heavy atom. The molecule has 0 spiro atoms. The van der Waals surface area contributed by atoms with Gasteiger partial charge < -0.3 is 14.7 Å². The number of ether oxygens (including phenoxy) is 1. The number of benzene rings is 3. The van der Waals surface area contributed by atoms with Gasteiger partial charge >= 0.3 is 5.97 Å². The first kappa shape index (κ1) is 27.5. The van der Waals surface area contributed by atoms with Crippen molar-refractivity contribution in [2.24, 2.45) is 0 Å². The summed E-state index contributed by atoms with van der Waals surface area (Å²) in [7, 11) is 1.63. The zero-order valence-corrected chi connectivity index (χ0v) is 24.0. The van der Waals surface area contributed by atoms with Gasteiger partial charge in [0.15, 0.2) is 0 Å². The first-order valence-electron chi connectivity index (χ1n) is 14.1. The average Bonchev–Trinajstić information content (AvgIpc) is 3.46. The number of fused-ring (bicyclic) bond motifs is 1. The molecule has 1 N–H and O–H groups in total. The van der Waals surface area contributed by atoms with Crippen LogP contribution in [-0.4, -0.2) is 75.2 Å². The molecular formula is C34H34N4O4. The van der Waals surface area contributed by atoms with E-state index in [-0.39, 0.29) is 5.91 Å². The van der Waals surface area contributed by atoms with Crippen molar-refractivity contribution in [2.75, 3.05) is 33.3 Å². The van der Waals surface area contributed by atoms with Gasteiger partial charge in [-0.05, 0) is 37.1 Å². The summed E-state index contributed by atoms with van der Waals surface area (Å²) < 4.78 is 7.37. The van der Waals surface area contributed by atoms with E-state index in [1.807, 2.05) is 108 Å². The summed E-state index contributed by atoms with van der Waals surface area (Å²) in [6.45, 7) is 6.08. The third kappa shape index (κ3) is 4.88. The molecule has 3 aromatic carbocycles. The number of piperazine rings is 1. The number of amides is 1. The van der Waals surface area contributed by atoms with Crippen LogP contribution < -0.4 is 4.74 Å². The van der Waals surface area contributed by atoms with E-state index in [2.05, 4.69) is 4.90 Å². The Morgan fingerprint density at radius 2 is 1.71 bits per heavy atom. The van der Waals surface area contributed by atoms with Crippen LogP contribution in [0, 0.1) is 6.92 Å². The molecule has 214 valence electrons. The maximum absolute atomic E-state index is 13.8. The fraction of sp³-hybridized carbons (Fsp3) is 0.265. The van der Waals surface area contributed by atoms with Gasteiger partial charge in [-0.25, -0.2) is 4.98 Å². The fourth-order valence-electron chi connectivity index (χ4n) is 6.17. The molecule has 0 bridgehead atoms. The third-order valence-corrected chi connectivity index (χ3v) is 8.55. The van der Waals surface area contributed by atoms with Gasteiger partial charge in [-0.1, -0.05) is 72.3 Å². The van der Waals surface area contributed by atoms with Gasteiger partial charge in [0.25, 0.3) is 5.91 Å². The summed E-state index contributed by atoms with van der Waals surface area (Å²) in [6.07, 6.45) is 5.82. The lowest BCUT2D eigenvalue weighted by atomic mass is 9.73. The van der Waals surface area contributed by atoms with E-state index in [0.29, 0.717) is 43.4 Å². The molecule has 1 amide bonds. The summed E-state index contributed by atoms with van der Waals surface area (Å²) in [4.78, 5) is 35.1. The van der Waals surface area contributed by atoms with Gasteiger partial charge in [-0.3, -0.25) is 19.1 Å². The van der Waals surface area contributed by atoms with Gasteiger partial charge in [0.05, 0.1) is 18.3 Å². The van der Waals surface area contributed by atoms with Crippen LogP contribution in [0.1, 0.15) is 40.0 Å². The number of hydrogen-bond donors (Lipinski definition) is 1. The number of carboxylic acids is 1. The van der Waals surface area contributed by atoms with E-state index < -0.39 is 17.4 Å². The first-order valence-corrected chi connectivity index (χ1v) is 14.1. The van der Waals surface area contributed by atoms with Crippen molar-refractivity contribution < 1.29 is 19.4 Å². The number of aryl methyl sites for hydroxylation is 1. The number of carboxylic acid groups (broad SMARTS) is 1. The number of carbonyl (C=O) groups is 2. The van der Waals surface area contributed by atoms with Gasteiger partial charge in [-0.2, -0.15) is 0 Å². The first-order chi connectivity index (χ1) is 20.3. The largest absolute Gasteiger partial charge is 0.497 e. The Morgan fingerprint density at radius 1 is 0.976 bits per heavy atom. The molecule has 2 aliphatic rings. The van der Waals surface area contributed by atoms with Crippen LogP contribution in [0.25, 0.3) is 23.2 Å². The zero-order valence-electron chi connectivity index (χ0n) is 24.0. The lowest BCUT2D eigenvalue weighted by Gasteiger charge is -2.48. The molecule has 42 heavy (non-hydrogen) atoms. The highest BCUT2D eigenvalue weighted by Crippen LogP contribution is 2.41. The Bertz CT molecular complexity index is 1670. The number of nitrogens with zero attached hydrogens (tertiary/aromatic N) is 4. The van der Waals surface area contributed by atoms with Crippen LogP contribution in [-0.2, 0) is 4.79 Å². The SMILES string of the molecule is COc1cccc(-n2cc(C(=O)N3CCN(C4(C)C=Cc5ccccc5C4C(=O)O)CC3)nc2-c2ccc(C)cc2)c1. The summed E-state index contributed by atoms with van der Waals surface area (Å²) in [6, 6.07) is 23.4. The van der Waals surface area contributed by atoms with Crippen molar-refractivity contribution in [2.45, 2.75) is 25.3 Å². The van der Waals surface area contributed by atoms with Gasteiger partial charge in [0.2, 0.25) is 0 Å². The minimum Gasteiger partial charge on any atom is -0.497 e. The molecule has 0 saturated carbocycles. The number of aliphatic carboxylic acids is 1. The Labute approximate surface area is 245 Å². The third-order valence-electron chi connectivity index (χ3n) is 8.55. The summed E-state index contributed by atoms with van der Waals surface area (Å²) in [5.74, 6) is -0.300. The van der Waals surface area contributed by atoms with Gasteiger partial charge in [0, 0.05) is 44.0 Å². The van der Waals surface area contributed by atoms with E-state index in [4.69, 9.17) is 9.72 Å². The number of rotatable bonds is 6. The van der Waals surface area contributed by atoms with Crippen LogP contribution in [0.2, 0.25) is 0 Å². The molecule has 1 aromatic heterocycles. The summed E-state index contributed by atoms with van der Waals surface area (Å²) in [5.41, 5.74) is 4.31. The number of methoxy groups -OCH3 is 1. The van der Waals surface area contributed by atoms with Gasteiger partial charge in [-0.15, -0.1) is 0 Å². The van der Waals surface area contributed by atoms with Crippen molar-refractivity contribution in [3.8, 4) is 22.8 Å². The molecule has 1 aliphatic heterocycles. The fourth-order valence-corrected chi connectivity index (χ4v) is 6.17. The van der Waals surface area contributed by atoms with Crippen molar-refractivity contribution in [1.29, 1.82) is 0 Å². The quantitative estimate of drug-likeness (QED) is 0.345. The van der Waals surface area contributed by atoms with Crippen LogP contribution >= 0.6 is 0 Å². The Balaban J connectivity index is 1.26. The topological polar surface area (TPSA) is 87.9 Å². The second-order valence-corrected chi connectivity index (χ2v) is 11.1. The van der Waals surface area contributed by atoms with Crippen molar-refractivity contribution in [3.05, 3.63) is 107 Å². The maximum atomic E-state index is 13.8. The van der Waals surface area contributed by atoms with Gasteiger partial charge in [0.1, 0.15) is 23.2 Å². The highest BCUT2D eigenvalue weighted by atomic mass is 16.5. The van der Waals surface area contributed by atoms with Crippen LogP contribution in [0.4, 0.5) is 0 Å². The molecule has 1 fully saturated rings. The minimum absolute atomic E-state index is 0.144. The molecule has 0 radical (unpaired) electrons. The molecule has 1 aliphatic carbocycles. The number of imidazole rings is 1. The second-order valence-electron chi connectivity index (χ2n) is 11.1. The monoisotopic (exact) mass is 562 g/mol. The molecule has 1 saturated heterocycles. The summed E-state index contributed by atoms with van der Waals surface area (Å²) in [5, 5.41) is 10.3. The smallest absolute Gasteiger partial charge is 0.313 e. The average molecular weight is 563 g/mol. The second kappa shape index (κ2) is 10.9. The predicted octanol–water partition coefficient (Wildman–Crippen LogP) is 5.27. The van der Waals surface area contributed by atoms with Crippen molar-refractivity contribution in [3.63, 3.8) is 0 Å². The minimum atomic E-state index is -0.848. The lowest BCUT2D eigenvalue weighted by Crippen LogP contribution is -2.59. The molecule has 6 rings (SSSR count). The standard InChI is InChI=1S/C34H34N4O4/c1-23-11-13-25(14-12-23)31-35-29(22-38(31)26-8-6-9-27(21-26)42-3)32(39)36-17-19-37(20-18-36)34(2)16-15-24-7-4-5-10-28(24)30(34)33(40)41/h4-16,21-22,30H,17-20H2,1-3H3,(H,40,41). The number of hydrogen-bond acceptors (Lipinski definition) is 5. The highest BCUT2D eigenvalue weighted by Gasteiger charge is 2.46.